The molecule has 0 aromatic rings. The van der Waals surface area contributed by atoms with E-state index in [-0.39, 0.29) is 13.2 Å². The number of aliphatic hydroxyl groups excluding tert-OH is 2. The summed E-state index contributed by atoms with van der Waals surface area (Å²) in [6, 6.07) is 0. The molecule has 0 saturated heterocycles. The second-order valence-electron chi connectivity index (χ2n) is 4.09. The van der Waals surface area contributed by atoms with E-state index in [1.807, 2.05) is 0 Å². The minimum Gasteiger partial charge on any atom is -0.394 e. The zero-order valence-electron chi connectivity index (χ0n) is 9.44. The average Bonchev–Trinajstić information content (AvgIpc) is 2.13. The summed E-state index contributed by atoms with van der Waals surface area (Å²) in [7, 11) is 0. The van der Waals surface area contributed by atoms with Crippen molar-refractivity contribution in [2.24, 2.45) is 0 Å². The van der Waals surface area contributed by atoms with Crippen molar-refractivity contribution in [1.29, 1.82) is 0 Å². The summed E-state index contributed by atoms with van der Waals surface area (Å²) in [4.78, 5) is 0. The molecule has 2 atom stereocenters. The van der Waals surface area contributed by atoms with E-state index in [1.165, 1.54) is 11.1 Å². The standard InChI is InChI=1S/C10H14O.C2H6O2/c1-7-3-9(4-7)11-10-5-8(2)6-10;3-1-2-4/h3,5,9-10H,4,6H2,1-2H3;3-4H,1-2H2. The minimum atomic E-state index is -0.125. The lowest BCUT2D eigenvalue weighted by molar-refractivity contribution is 0.0211. The Morgan fingerprint density at radius 3 is 1.60 bits per heavy atom. The molecular weight excluding hydrogens is 192 g/mol. The maximum absolute atomic E-state index is 7.62. The normalized spacial score (nSPS) is 27.7. The van der Waals surface area contributed by atoms with Crippen molar-refractivity contribution in [2.75, 3.05) is 13.2 Å². The molecule has 0 fully saturated rings. The van der Waals surface area contributed by atoms with Crippen molar-refractivity contribution < 1.29 is 14.9 Å². The van der Waals surface area contributed by atoms with Gasteiger partial charge in [-0.25, -0.2) is 0 Å². The molecule has 0 radical (unpaired) electrons. The van der Waals surface area contributed by atoms with E-state index in [0.717, 1.165) is 12.8 Å². The highest BCUT2D eigenvalue weighted by molar-refractivity contribution is 5.19. The molecule has 0 aromatic heterocycles. The van der Waals surface area contributed by atoms with Crippen molar-refractivity contribution in [3.8, 4) is 0 Å². The fourth-order valence-corrected chi connectivity index (χ4v) is 1.60. The lowest BCUT2D eigenvalue weighted by Gasteiger charge is -2.31. The zero-order valence-corrected chi connectivity index (χ0v) is 9.44. The quantitative estimate of drug-likeness (QED) is 0.695. The first kappa shape index (κ1) is 12.4. The van der Waals surface area contributed by atoms with Gasteiger partial charge in [0.15, 0.2) is 0 Å². The number of hydrogen-bond acceptors (Lipinski definition) is 3. The van der Waals surface area contributed by atoms with Gasteiger partial charge in [0.2, 0.25) is 0 Å². The zero-order chi connectivity index (χ0) is 11.3. The summed E-state index contributed by atoms with van der Waals surface area (Å²) in [6.45, 7) is 4.06. The number of aliphatic hydroxyl groups is 2. The predicted octanol–water partition coefficient (Wildman–Crippen LogP) is 1.41. The van der Waals surface area contributed by atoms with Gasteiger partial charge in [0, 0.05) is 0 Å². The maximum atomic E-state index is 7.62. The molecule has 2 rings (SSSR count). The Labute approximate surface area is 91.1 Å². The summed E-state index contributed by atoms with van der Waals surface area (Å²) in [6.07, 6.45) is 7.55. The van der Waals surface area contributed by atoms with Gasteiger partial charge in [0.1, 0.15) is 0 Å². The van der Waals surface area contributed by atoms with Crippen LogP contribution in [0.5, 0.6) is 0 Å². The van der Waals surface area contributed by atoms with Gasteiger partial charge in [0.05, 0.1) is 25.4 Å². The summed E-state index contributed by atoms with van der Waals surface area (Å²) in [5, 5.41) is 15.2. The van der Waals surface area contributed by atoms with Crippen molar-refractivity contribution in [3.05, 3.63) is 23.3 Å². The fourth-order valence-electron chi connectivity index (χ4n) is 1.60. The fraction of sp³-hybridized carbons (Fsp3) is 0.667. The van der Waals surface area contributed by atoms with Crippen LogP contribution in [0.25, 0.3) is 0 Å². The lowest BCUT2D eigenvalue weighted by Crippen LogP contribution is -2.28. The second-order valence-corrected chi connectivity index (χ2v) is 4.09. The van der Waals surface area contributed by atoms with Gasteiger partial charge in [-0.3, -0.25) is 0 Å². The highest BCUT2D eigenvalue weighted by Crippen LogP contribution is 2.28. The van der Waals surface area contributed by atoms with Crippen molar-refractivity contribution in [1.82, 2.24) is 0 Å². The number of ether oxygens (including phenoxy) is 1. The van der Waals surface area contributed by atoms with E-state index in [0.29, 0.717) is 12.2 Å². The van der Waals surface area contributed by atoms with Gasteiger partial charge in [-0.15, -0.1) is 0 Å². The first-order valence-corrected chi connectivity index (χ1v) is 5.37. The third-order valence-electron chi connectivity index (χ3n) is 2.44. The summed E-state index contributed by atoms with van der Waals surface area (Å²) in [5.74, 6) is 0. The molecule has 86 valence electrons. The van der Waals surface area contributed by atoms with Crippen molar-refractivity contribution >= 4 is 0 Å². The summed E-state index contributed by atoms with van der Waals surface area (Å²) >= 11 is 0. The average molecular weight is 212 g/mol. The Balaban J connectivity index is 0.000000245. The first-order chi connectivity index (χ1) is 7.15. The molecule has 0 bridgehead atoms. The van der Waals surface area contributed by atoms with Gasteiger partial charge >= 0.3 is 0 Å². The van der Waals surface area contributed by atoms with Gasteiger partial charge < -0.3 is 14.9 Å². The predicted molar refractivity (Wildman–Crippen MR) is 59.6 cm³/mol. The molecule has 3 nitrogen and oxygen atoms in total. The van der Waals surface area contributed by atoms with E-state index in [4.69, 9.17) is 14.9 Å². The first-order valence-electron chi connectivity index (χ1n) is 5.37. The third kappa shape index (κ3) is 4.16. The Morgan fingerprint density at radius 2 is 1.40 bits per heavy atom. The van der Waals surface area contributed by atoms with Gasteiger partial charge in [-0.2, -0.15) is 0 Å². The highest BCUT2D eigenvalue weighted by Gasteiger charge is 2.23. The molecule has 0 amide bonds. The Hall–Kier alpha value is -0.640. The molecule has 2 aliphatic carbocycles. The smallest absolute Gasteiger partial charge is 0.0803 e. The Kier molecular flexibility index (Phi) is 5.02. The van der Waals surface area contributed by atoms with Crippen LogP contribution in [0.3, 0.4) is 0 Å². The van der Waals surface area contributed by atoms with Crippen LogP contribution >= 0.6 is 0 Å². The molecule has 15 heavy (non-hydrogen) atoms. The van der Waals surface area contributed by atoms with E-state index >= 15 is 0 Å². The van der Waals surface area contributed by atoms with Crippen LogP contribution in [-0.4, -0.2) is 35.6 Å². The molecule has 0 spiro atoms. The maximum Gasteiger partial charge on any atom is 0.0803 e. The number of rotatable bonds is 3. The van der Waals surface area contributed by atoms with Crippen LogP contribution in [0.15, 0.2) is 23.3 Å². The van der Waals surface area contributed by atoms with E-state index in [2.05, 4.69) is 26.0 Å². The van der Waals surface area contributed by atoms with Crippen LogP contribution in [0.4, 0.5) is 0 Å². The van der Waals surface area contributed by atoms with E-state index in [9.17, 15) is 0 Å². The highest BCUT2D eigenvalue weighted by atomic mass is 16.5. The molecule has 0 heterocycles. The molecule has 0 aliphatic heterocycles. The van der Waals surface area contributed by atoms with Crippen LogP contribution < -0.4 is 0 Å². The van der Waals surface area contributed by atoms with Gasteiger partial charge in [-0.05, 0) is 26.7 Å². The minimum absolute atomic E-state index is 0.125. The summed E-state index contributed by atoms with van der Waals surface area (Å²) < 4.78 is 5.71. The topological polar surface area (TPSA) is 49.7 Å². The van der Waals surface area contributed by atoms with E-state index in [1.54, 1.807) is 0 Å². The Bertz CT molecular complexity index is 230. The second kappa shape index (κ2) is 6.05. The largest absolute Gasteiger partial charge is 0.394 e. The monoisotopic (exact) mass is 212 g/mol. The van der Waals surface area contributed by atoms with Crippen LogP contribution in [0, 0.1) is 0 Å². The SMILES string of the molecule is CC1=CC(OC2C=C(C)C2)C1.OCCO. The van der Waals surface area contributed by atoms with Crippen LogP contribution in [0.1, 0.15) is 26.7 Å². The third-order valence-corrected chi connectivity index (χ3v) is 2.44. The molecule has 2 unspecified atom stereocenters. The van der Waals surface area contributed by atoms with Crippen LogP contribution in [-0.2, 0) is 4.74 Å². The van der Waals surface area contributed by atoms with Gasteiger partial charge in [-0.1, -0.05) is 23.3 Å². The molecule has 2 aliphatic rings. The molecule has 0 aromatic carbocycles. The Morgan fingerprint density at radius 1 is 1.07 bits per heavy atom. The lowest BCUT2D eigenvalue weighted by atomic mass is 9.94. The van der Waals surface area contributed by atoms with E-state index < -0.39 is 0 Å². The van der Waals surface area contributed by atoms with Crippen LogP contribution in [0.2, 0.25) is 0 Å². The molecular formula is C12H20O3. The summed E-state index contributed by atoms with van der Waals surface area (Å²) in [5.41, 5.74) is 2.94. The number of hydrogen-bond donors (Lipinski definition) is 2. The van der Waals surface area contributed by atoms with Crippen molar-refractivity contribution in [3.63, 3.8) is 0 Å². The van der Waals surface area contributed by atoms with Crippen molar-refractivity contribution in [2.45, 2.75) is 38.9 Å². The molecule has 0 saturated carbocycles. The van der Waals surface area contributed by atoms with Gasteiger partial charge in [0.25, 0.3) is 0 Å². The molecule has 2 N–H and O–H groups in total. The molecule has 3 heteroatoms.